The molecule has 10 heteroatoms. The van der Waals surface area contributed by atoms with Crippen LogP contribution in [0.3, 0.4) is 0 Å². The van der Waals surface area contributed by atoms with Gasteiger partial charge in [0, 0.05) is 25.0 Å². The highest BCUT2D eigenvalue weighted by Gasteiger charge is 2.11. The van der Waals surface area contributed by atoms with Crippen molar-refractivity contribution in [3.05, 3.63) is 65.6 Å². The molecule has 0 saturated carbocycles. The molecule has 0 fully saturated rings. The average Bonchev–Trinajstić information content (AvgIpc) is 3.14. The highest BCUT2D eigenvalue weighted by atomic mass is 127. The Bertz CT molecular complexity index is 995. The molecule has 1 unspecified atom stereocenters. The predicted octanol–water partition coefficient (Wildman–Crippen LogP) is 3.65. The Kier molecular flexibility index (Phi) is 9.44. The van der Waals surface area contributed by atoms with Gasteiger partial charge in [-0.15, -0.1) is 24.0 Å². The van der Waals surface area contributed by atoms with Gasteiger partial charge in [0.05, 0.1) is 18.3 Å². The summed E-state index contributed by atoms with van der Waals surface area (Å²) in [6.07, 6.45) is 1.11. The first-order chi connectivity index (χ1) is 14.5. The van der Waals surface area contributed by atoms with Crippen LogP contribution in [0.2, 0.25) is 0 Å². The fourth-order valence-corrected chi connectivity index (χ4v) is 2.96. The molecule has 0 spiro atoms. The fourth-order valence-electron chi connectivity index (χ4n) is 2.96. The predicted molar refractivity (Wildman–Crippen MR) is 126 cm³/mol. The number of aliphatic imine (C=N–C) groups is 1. The van der Waals surface area contributed by atoms with Gasteiger partial charge in [0.25, 0.3) is 0 Å². The van der Waals surface area contributed by atoms with Crippen molar-refractivity contribution in [1.82, 2.24) is 20.0 Å². The van der Waals surface area contributed by atoms with Crippen molar-refractivity contribution in [3.63, 3.8) is 0 Å². The molecule has 0 aliphatic carbocycles. The van der Waals surface area contributed by atoms with Crippen LogP contribution in [0.25, 0.3) is 5.65 Å². The Labute approximate surface area is 196 Å². The third-order valence-corrected chi connectivity index (χ3v) is 4.44. The van der Waals surface area contributed by atoms with E-state index in [1.807, 2.05) is 42.6 Å². The minimum Gasteiger partial charge on any atom is -0.435 e. The van der Waals surface area contributed by atoms with E-state index >= 15 is 0 Å². The number of alkyl halides is 2. The van der Waals surface area contributed by atoms with Crippen molar-refractivity contribution < 1.29 is 18.6 Å². The molecule has 0 bridgehead atoms. The summed E-state index contributed by atoms with van der Waals surface area (Å²) in [6, 6.07) is 11.8. The number of guanidine groups is 1. The van der Waals surface area contributed by atoms with Crippen LogP contribution < -0.4 is 15.4 Å². The molecule has 1 atom stereocenters. The molecule has 0 aliphatic rings. The number of nitrogens with zero attached hydrogens (tertiary/aromatic N) is 3. The average molecular weight is 545 g/mol. The van der Waals surface area contributed by atoms with E-state index in [1.54, 1.807) is 12.1 Å². The first-order valence-electron chi connectivity index (χ1n) is 9.65. The molecule has 1 aromatic carbocycles. The monoisotopic (exact) mass is 545 g/mol. The molecule has 0 radical (unpaired) electrons. The van der Waals surface area contributed by atoms with Crippen LogP contribution in [0, 0.1) is 6.92 Å². The Balaban J connectivity index is 0.00000341. The van der Waals surface area contributed by atoms with Crippen LogP contribution in [0.4, 0.5) is 8.78 Å². The molecule has 3 rings (SSSR count). The second-order valence-corrected chi connectivity index (χ2v) is 6.67. The smallest absolute Gasteiger partial charge is 0.387 e. The third-order valence-electron chi connectivity index (χ3n) is 4.44. The fraction of sp³-hybridized carbons (Fsp3) is 0.333. The van der Waals surface area contributed by atoms with Crippen LogP contribution in [0.5, 0.6) is 5.75 Å². The molecule has 0 aliphatic heterocycles. The molecular weight excluding hydrogens is 519 g/mol. The molecule has 3 aromatic rings. The van der Waals surface area contributed by atoms with Crippen LogP contribution >= 0.6 is 24.0 Å². The molecule has 7 nitrogen and oxygen atoms in total. The number of aliphatic hydroxyl groups is 1. The Hall–Kier alpha value is -2.47. The summed E-state index contributed by atoms with van der Waals surface area (Å²) in [4.78, 5) is 9.09. The Morgan fingerprint density at radius 1 is 1.19 bits per heavy atom. The Morgan fingerprint density at radius 2 is 1.94 bits per heavy atom. The standard InChI is InChI=1S/C21H25F2N5O2.HI/c1-3-24-21(25-11-16-13-28-14(2)5-4-6-19(28)27-16)26-12-18(29)15-7-9-17(10-8-15)30-20(22)23;/h4-10,13,18,20,29H,3,11-12H2,1-2H3,(H2,24,25,26);1H. The number of fused-ring (bicyclic) bond motifs is 1. The van der Waals surface area contributed by atoms with Crippen LogP contribution in [-0.4, -0.2) is 40.2 Å². The van der Waals surface area contributed by atoms with Gasteiger partial charge in [-0.25, -0.2) is 9.98 Å². The quantitative estimate of drug-likeness (QED) is 0.229. The molecular formula is C21H26F2IN5O2. The lowest BCUT2D eigenvalue weighted by Gasteiger charge is -2.16. The van der Waals surface area contributed by atoms with E-state index in [0.29, 0.717) is 24.6 Å². The minimum absolute atomic E-state index is 0. The van der Waals surface area contributed by atoms with E-state index < -0.39 is 12.7 Å². The SMILES string of the molecule is CCNC(=NCc1cn2c(C)cccc2n1)NCC(O)c1ccc(OC(F)F)cc1.I. The van der Waals surface area contributed by atoms with Gasteiger partial charge >= 0.3 is 6.61 Å². The zero-order valence-corrected chi connectivity index (χ0v) is 19.6. The summed E-state index contributed by atoms with van der Waals surface area (Å²) in [6.45, 7) is 2.33. The second kappa shape index (κ2) is 11.8. The molecule has 2 aromatic heterocycles. The number of imidazole rings is 1. The van der Waals surface area contributed by atoms with Crippen LogP contribution in [0.15, 0.2) is 53.7 Å². The lowest BCUT2D eigenvalue weighted by Crippen LogP contribution is -2.39. The number of hydrogen-bond donors (Lipinski definition) is 3. The first kappa shape index (κ1) is 24.8. The number of rotatable bonds is 8. The summed E-state index contributed by atoms with van der Waals surface area (Å²) >= 11 is 0. The highest BCUT2D eigenvalue weighted by Crippen LogP contribution is 2.19. The van der Waals surface area contributed by atoms with Gasteiger partial charge in [-0.2, -0.15) is 8.78 Å². The lowest BCUT2D eigenvalue weighted by molar-refractivity contribution is -0.0498. The number of aliphatic hydroxyl groups excluding tert-OH is 1. The van der Waals surface area contributed by atoms with Crippen LogP contribution in [-0.2, 0) is 6.54 Å². The molecule has 168 valence electrons. The number of benzene rings is 1. The minimum atomic E-state index is -2.88. The van der Waals surface area contributed by atoms with Gasteiger partial charge in [0.2, 0.25) is 0 Å². The lowest BCUT2D eigenvalue weighted by atomic mass is 10.1. The van der Waals surface area contributed by atoms with Crippen molar-refractivity contribution in [1.29, 1.82) is 0 Å². The second-order valence-electron chi connectivity index (χ2n) is 6.67. The maximum atomic E-state index is 12.2. The number of aryl methyl sites for hydroxylation is 1. The summed E-state index contributed by atoms with van der Waals surface area (Å²) in [7, 11) is 0. The van der Waals surface area contributed by atoms with Crippen molar-refractivity contribution in [2.75, 3.05) is 13.1 Å². The van der Waals surface area contributed by atoms with E-state index in [0.717, 1.165) is 17.0 Å². The van der Waals surface area contributed by atoms with Gasteiger partial charge < -0.3 is 24.9 Å². The third kappa shape index (κ3) is 7.03. The molecule has 0 amide bonds. The number of nitrogens with one attached hydrogen (secondary N) is 2. The van der Waals surface area contributed by atoms with Crippen molar-refractivity contribution in [2.24, 2.45) is 4.99 Å². The van der Waals surface area contributed by atoms with E-state index in [4.69, 9.17) is 0 Å². The van der Waals surface area contributed by atoms with Crippen molar-refractivity contribution >= 4 is 35.6 Å². The number of halogens is 3. The van der Waals surface area contributed by atoms with Gasteiger partial charge in [0.1, 0.15) is 11.4 Å². The topological polar surface area (TPSA) is 83.2 Å². The van der Waals surface area contributed by atoms with Gasteiger partial charge in [-0.05, 0) is 43.7 Å². The first-order valence-corrected chi connectivity index (χ1v) is 9.65. The number of pyridine rings is 1. The molecule has 0 saturated heterocycles. The summed E-state index contributed by atoms with van der Waals surface area (Å²) in [5.41, 5.74) is 3.37. The number of aromatic nitrogens is 2. The van der Waals surface area contributed by atoms with Gasteiger partial charge in [0.15, 0.2) is 5.96 Å². The summed E-state index contributed by atoms with van der Waals surface area (Å²) in [5, 5.41) is 16.6. The number of ether oxygens (including phenoxy) is 1. The van der Waals surface area contributed by atoms with E-state index in [2.05, 4.69) is 25.3 Å². The van der Waals surface area contributed by atoms with Crippen molar-refractivity contribution in [3.8, 4) is 5.75 Å². The van der Waals surface area contributed by atoms with Crippen molar-refractivity contribution in [2.45, 2.75) is 33.1 Å². The largest absolute Gasteiger partial charge is 0.435 e. The van der Waals surface area contributed by atoms with Gasteiger partial charge in [-0.1, -0.05) is 18.2 Å². The molecule has 2 heterocycles. The zero-order chi connectivity index (χ0) is 21.5. The summed E-state index contributed by atoms with van der Waals surface area (Å²) < 4.78 is 30.8. The number of hydrogen-bond acceptors (Lipinski definition) is 4. The van der Waals surface area contributed by atoms with Gasteiger partial charge in [-0.3, -0.25) is 0 Å². The maximum absolute atomic E-state index is 12.2. The van der Waals surface area contributed by atoms with E-state index in [-0.39, 0.29) is 36.3 Å². The van der Waals surface area contributed by atoms with E-state index in [1.165, 1.54) is 12.1 Å². The summed E-state index contributed by atoms with van der Waals surface area (Å²) in [5.74, 6) is 0.592. The Morgan fingerprint density at radius 3 is 2.58 bits per heavy atom. The highest BCUT2D eigenvalue weighted by molar-refractivity contribution is 14.0. The molecule has 3 N–H and O–H groups in total. The van der Waals surface area contributed by atoms with E-state index in [9.17, 15) is 13.9 Å². The normalized spacial score (nSPS) is 12.5. The maximum Gasteiger partial charge on any atom is 0.387 e. The van der Waals surface area contributed by atoms with Crippen LogP contribution in [0.1, 0.15) is 30.0 Å². The molecule has 31 heavy (non-hydrogen) atoms. The zero-order valence-electron chi connectivity index (χ0n) is 17.3.